The fourth-order valence-corrected chi connectivity index (χ4v) is 6.45. The van der Waals surface area contributed by atoms with E-state index in [-0.39, 0.29) is 19.0 Å². The highest BCUT2D eigenvalue weighted by atomic mass is 32.2. The van der Waals surface area contributed by atoms with E-state index in [1.165, 1.54) is 9.21 Å². The summed E-state index contributed by atoms with van der Waals surface area (Å²) in [7, 11) is -2.03. The lowest BCUT2D eigenvalue weighted by Gasteiger charge is -2.32. The molecule has 2 aromatic rings. The number of rotatable bonds is 6. The molecular weight excluding hydrogens is 452 g/mol. The molecular formula is C26H34N2O5S. The van der Waals surface area contributed by atoms with Gasteiger partial charge in [-0.25, -0.2) is 8.42 Å². The average Bonchev–Trinajstić information content (AvgIpc) is 2.82. The van der Waals surface area contributed by atoms with Crippen molar-refractivity contribution >= 4 is 27.6 Å². The average molecular weight is 487 g/mol. The maximum Gasteiger partial charge on any atom is 0.309 e. The Labute approximate surface area is 202 Å². The second-order valence-electron chi connectivity index (χ2n) is 9.08. The Kier molecular flexibility index (Phi) is 7.83. The summed E-state index contributed by atoms with van der Waals surface area (Å²) in [5.74, 6) is -1.22. The van der Waals surface area contributed by atoms with Gasteiger partial charge in [0.05, 0.1) is 10.8 Å². The molecule has 2 aromatic carbocycles. The molecule has 7 nitrogen and oxygen atoms in total. The lowest BCUT2D eigenvalue weighted by Crippen LogP contribution is -2.43. The highest BCUT2D eigenvalue weighted by molar-refractivity contribution is 7.89. The van der Waals surface area contributed by atoms with Gasteiger partial charge in [-0.15, -0.1) is 0 Å². The molecule has 1 saturated heterocycles. The first-order chi connectivity index (χ1) is 15.9. The molecule has 34 heavy (non-hydrogen) atoms. The van der Waals surface area contributed by atoms with Gasteiger partial charge in [0, 0.05) is 25.8 Å². The fraction of sp³-hybridized carbons (Fsp3) is 0.462. The lowest BCUT2D eigenvalue weighted by molar-refractivity contribution is -0.159. The Morgan fingerprint density at radius 2 is 1.53 bits per heavy atom. The molecule has 0 radical (unpaired) electrons. The molecule has 1 amide bonds. The van der Waals surface area contributed by atoms with Gasteiger partial charge in [-0.3, -0.25) is 9.59 Å². The first-order valence-electron chi connectivity index (χ1n) is 11.6. The molecule has 0 aromatic heterocycles. The number of carbonyl (C=O) groups is 2. The van der Waals surface area contributed by atoms with Gasteiger partial charge in [-0.1, -0.05) is 24.3 Å². The maximum atomic E-state index is 13.4. The summed E-state index contributed by atoms with van der Waals surface area (Å²) in [6.07, 6.45) is -0.215. The second kappa shape index (κ2) is 10.3. The number of hydrogen-bond acceptors (Lipinski definition) is 5. The minimum Gasteiger partial charge on any atom is -0.452 e. The number of likely N-dealkylation sites (N-methyl/N-ethyl adjacent to an activating group) is 1. The third-order valence-electron chi connectivity index (χ3n) is 6.80. The summed E-state index contributed by atoms with van der Waals surface area (Å²) in [5, 5.41) is 0. The van der Waals surface area contributed by atoms with Crippen molar-refractivity contribution in [2.45, 2.75) is 58.5 Å². The Balaban J connectivity index is 1.63. The molecule has 1 aliphatic rings. The summed E-state index contributed by atoms with van der Waals surface area (Å²) < 4.78 is 33.8. The molecule has 0 saturated carbocycles. The number of para-hydroxylation sites is 1. The minimum absolute atomic E-state index is 0.236. The van der Waals surface area contributed by atoms with Gasteiger partial charge in [0.15, 0.2) is 6.10 Å². The number of hydrogen-bond donors (Lipinski definition) is 0. The van der Waals surface area contributed by atoms with Crippen LogP contribution in [0.3, 0.4) is 0 Å². The zero-order valence-electron chi connectivity index (χ0n) is 20.8. The first-order valence-corrected chi connectivity index (χ1v) is 13.0. The van der Waals surface area contributed by atoms with Crippen LogP contribution in [-0.2, 0) is 24.3 Å². The van der Waals surface area contributed by atoms with Crippen molar-refractivity contribution in [2.75, 3.05) is 25.0 Å². The zero-order chi connectivity index (χ0) is 25.2. The number of benzene rings is 2. The smallest absolute Gasteiger partial charge is 0.309 e. The SMILES string of the molecule is Cc1cc(C)c(C)c(S(=O)(=O)N2CCC(C(=O)OC(C)C(=O)N(C)c3ccccc3)CC2)c1C. The van der Waals surface area contributed by atoms with E-state index < -0.39 is 28.0 Å². The molecule has 184 valence electrons. The molecule has 1 fully saturated rings. The number of carbonyl (C=O) groups excluding carboxylic acids is 2. The van der Waals surface area contributed by atoms with Crippen molar-refractivity contribution in [3.8, 4) is 0 Å². The van der Waals surface area contributed by atoms with Gasteiger partial charge in [0.1, 0.15) is 0 Å². The van der Waals surface area contributed by atoms with Gasteiger partial charge < -0.3 is 9.64 Å². The number of esters is 1. The Morgan fingerprint density at radius 3 is 2.06 bits per heavy atom. The molecule has 1 unspecified atom stereocenters. The maximum absolute atomic E-state index is 13.4. The van der Waals surface area contributed by atoms with Crippen molar-refractivity contribution in [3.05, 3.63) is 58.7 Å². The second-order valence-corrected chi connectivity index (χ2v) is 11.0. The van der Waals surface area contributed by atoms with E-state index >= 15 is 0 Å². The van der Waals surface area contributed by atoms with Crippen LogP contribution in [0.1, 0.15) is 42.0 Å². The molecule has 0 spiro atoms. The van der Waals surface area contributed by atoms with E-state index in [1.54, 1.807) is 14.0 Å². The summed E-state index contributed by atoms with van der Waals surface area (Å²) in [5.41, 5.74) is 4.13. The van der Waals surface area contributed by atoms with Crippen LogP contribution < -0.4 is 4.90 Å². The summed E-state index contributed by atoms with van der Waals surface area (Å²) >= 11 is 0. The van der Waals surface area contributed by atoms with Crippen LogP contribution in [-0.4, -0.2) is 50.8 Å². The first kappa shape index (κ1) is 25.9. The fourth-order valence-electron chi connectivity index (χ4n) is 4.40. The van der Waals surface area contributed by atoms with Gasteiger partial charge in [0.2, 0.25) is 10.0 Å². The van der Waals surface area contributed by atoms with Crippen molar-refractivity contribution in [2.24, 2.45) is 5.92 Å². The quantitative estimate of drug-likeness (QED) is 0.578. The molecule has 1 atom stereocenters. The van der Waals surface area contributed by atoms with Crippen LogP contribution in [0.4, 0.5) is 5.69 Å². The number of sulfonamides is 1. The minimum atomic E-state index is -3.68. The van der Waals surface area contributed by atoms with E-state index in [0.29, 0.717) is 23.4 Å². The predicted octanol–water partition coefficient (Wildman–Crippen LogP) is 3.92. The summed E-state index contributed by atoms with van der Waals surface area (Å²) in [6.45, 7) is 9.54. The zero-order valence-corrected chi connectivity index (χ0v) is 21.6. The molecule has 0 bridgehead atoms. The lowest BCUT2D eigenvalue weighted by atomic mass is 9.98. The molecule has 1 heterocycles. The largest absolute Gasteiger partial charge is 0.452 e. The number of nitrogens with zero attached hydrogens (tertiary/aromatic N) is 2. The predicted molar refractivity (Wildman–Crippen MR) is 132 cm³/mol. The molecule has 0 N–H and O–H groups in total. The van der Waals surface area contributed by atoms with E-state index in [2.05, 4.69) is 0 Å². The number of ether oxygens (including phenoxy) is 1. The van der Waals surface area contributed by atoms with Crippen molar-refractivity contribution in [1.29, 1.82) is 0 Å². The summed E-state index contributed by atoms with van der Waals surface area (Å²) in [6, 6.07) is 11.1. The van der Waals surface area contributed by atoms with Crippen molar-refractivity contribution in [1.82, 2.24) is 4.31 Å². The molecule has 1 aliphatic heterocycles. The highest BCUT2D eigenvalue weighted by Gasteiger charge is 2.36. The number of anilines is 1. The van der Waals surface area contributed by atoms with Gasteiger partial charge in [-0.2, -0.15) is 4.31 Å². The van der Waals surface area contributed by atoms with Crippen LogP contribution in [0.2, 0.25) is 0 Å². The van der Waals surface area contributed by atoms with E-state index in [1.807, 2.05) is 64.1 Å². The van der Waals surface area contributed by atoms with Gasteiger partial charge in [-0.05, 0) is 81.8 Å². The molecule has 0 aliphatic carbocycles. The normalized spacial score (nSPS) is 16.2. The van der Waals surface area contributed by atoms with Crippen LogP contribution in [0.15, 0.2) is 41.3 Å². The summed E-state index contributed by atoms with van der Waals surface area (Å²) in [4.78, 5) is 27.2. The third-order valence-corrected chi connectivity index (χ3v) is 8.97. The number of piperidine rings is 1. The topological polar surface area (TPSA) is 84.0 Å². The van der Waals surface area contributed by atoms with Gasteiger partial charge >= 0.3 is 5.97 Å². The molecule has 8 heteroatoms. The van der Waals surface area contributed by atoms with Crippen LogP contribution in [0, 0.1) is 33.6 Å². The third kappa shape index (κ3) is 5.18. The van der Waals surface area contributed by atoms with Crippen molar-refractivity contribution in [3.63, 3.8) is 0 Å². The van der Waals surface area contributed by atoms with E-state index in [4.69, 9.17) is 4.74 Å². The van der Waals surface area contributed by atoms with Gasteiger partial charge in [0.25, 0.3) is 5.91 Å². The van der Waals surface area contributed by atoms with Crippen LogP contribution >= 0.6 is 0 Å². The van der Waals surface area contributed by atoms with Crippen LogP contribution in [0.5, 0.6) is 0 Å². The van der Waals surface area contributed by atoms with E-state index in [9.17, 15) is 18.0 Å². The Morgan fingerprint density at radius 1 is 1.00 bits per heavy atom. The number of amides is 1. The Hall–Kier alpha value is -2.71. The van der Waals surface area contributed by atoms with E-state index in [0.717, 1.165) is 22.3 Å². The number of aryl methyl sites for hydroxylation is 2. The Bertz CT molecular complexity index is 1140. The van der Waals surface area contributed by atoms with Crippen molar-refractivity contribution < 1.29 is 22.7 Å². The standard InChI is InChI=1S/C26H34N2O5S/c1-17-16-18(2)20(4)24(19(17)3)34(31,32)28-14-12-22(13-15-28)26(30)33-21(5)25(29)27(6)23-10-8-7-9-11-23/h7-11,16,21-22H,12-15H2,1-6H3. The van der Waals surface area contributed by atoms with Crippen LogP contribution in [0.25, 0.3) is 0 Å². The molecule has 3 rings (SSSR count). The highest BCUT2D eigenvalue weighted by Crippen LogP contribution is 2.31. The monoisotopic (exact) mass is 486 g/mol.